The molecule has 0 spiro atoms. The van der Waals surface area contributed by atoms with Gasteiger partial charge >= 0.3 is 0 Å². The lowest BCUT2D eigenvalue weighted by molar-refractivity contribution is -0.384. The van der Waals surface area contributed by atoms with Gasteiger partial charge in [-0.1, -0.05) is 23.8 Å². The summed E-state index contributed by atoms with van der Waals surface area (Å²) in [5.74, 6) is -0.439. The number of amides is 2. The fourth-order valence-electron chi connectivity index (χ4n) is 3.51. The van der Waals surface area contributed by atoms with E-state index in [9.17, 15) is 19.7 Å². The Hall–Kier alpha value is -4.73. The van der Waals surface area contributed by atoms with Gasteiger partial charge in [-0.3, -0.25) is 19.7 Å². The topological polar surface area (TPSA) is 126 Å². The van der Waals surface area contributed by atoms with Gasteiger partial charge < -0.3 is 15.0 Å². The standard InChI is InChI=1S/C27H29N5O5/c1-4-31(5-2)23-14-13-21(17-28-30-27(34)20-11-9-19(3)10-12-20)25(16-23)37-18-26(33)29-22-7-6-8-24(15-22)32(35)36/h6-17H,4-5,18H2,1-3H3,(H,29,33)(H,30,34)/b28-17-. The maximum Gasteiger partial charge on any atom is 0.271 e. The maximum absolute atomic E-state index is 12.5. The minimum absolute atomic E-state index is 0.128. The summed E-state index contributed by atoms with van der Waals surface area (Å²) >= 11 is 0. The summed E-state index contributed by atoms with van der Waals surface area (Å²) in [4.78, 5) is 37.4. The van der Waals surface area contributed by atoms with Crippen molar-refractivity contribution in [3.8, 4) is 5.75 Å². The SMILES string of the molecule is CCN(CC)c1ccc(/C=N\NC(=O)c2ccc(C)cc2)c(OCC(=O)Nc2cccc([N+](=O)[O-])c2)c1. The van der Waals surface area contributed by atoms with Crippen molar-refractivity contribution in [1.82, 2.24) is 5.43 Å². The molecule has 0 radical (unpaired) electrons. The summed E-state index contributed by atoms with van der Waals surface area (Å²) in [7, 11) is 0. The van der Waals surface area contributed by atoms with Crippen molar-refractivity contribution in [2.24, 2.45) is 5.10 Å². The van der Waals surface area contributed by atoms with E-state index >= 15 is 0 Å². The quantitative estimate of drug-likeness (QED) is 0.225. The van der Waals surface area contributed by atoms with E-state index in [0.29, 0.717) is 22.6 Å². The van der Waals surface area contributed by atoms with Crippen molar-refractivity contribution in [3.63, 3.8) is 0 Å². The number of nitrogens with zero attached hydrogens (tertiary/aromatic N) is 3. The van der Waals surface area contributed by atoms with Gasteiger partial charge in [0, 0.05) is 53.8 Å². The number of ether oxygens (including phenoxy) is 1. The molecule has 0 aromatic heterocycles. The van der Waals surface area contributed by atoms with Crippen molar-refractivity contribution >= 4 is 35.1 Å². The zero-order valence-corrected chi connectivity index (χ0v) is 20.9. The Morgan fingerprint density at radius 3 is 2.46 bits per heavy atom. The van der Waals surface area contributed by atoms with Crippen molar-refractivity contribution in [3.05, 3.63) is 93.5 Å². The maximum atomic E-state index is 12.5. The van der Waals surface area contributed by atoms with Crippen LogP contribution in [0.1, 0.15) is 35.3 Å². The largest absolute Gasteiger partial charge is 0.483 e. The second-order valence-electron chi connectivity index (χ2n) is 8.10. The van der Waals surface area contributed by atoms with Crippen molar-refractivity contribution in [2.45, 2.75) is 20.8 Å². The molecule has 0 aliphatic heterocycles. The molecule has 0 saturated heterocycles. The molecule has 10 heteroatoms. The first-order valence-electron chi connectivity index (χ1n) is 11.8. The lowest BCUT2D eigenvalue weighted by atomic mass is 10.1. The highest BCUT2D eigenvalue weighted by Crippen LogP contribution is 2.25. The molecule has 3 rings (SSSR count). The van der Waals surface area contributed by atoms with E-state index in [2.05, 4.69) is 20.7 Å². The first kappa shape index (κ1) is 26.9. The van der Waals surface area contributed by atoms with Crippen LogP contribution < -0.4 is 20.4 Å². The molecule has 0 saturated carbocycles. The van der Waals surface area contributed by atoms with Gasteiger partial charge in [0.2, 0.25) is 0 Å². The molecule has 0 unspecified atom stereocenters. The second kappa shape index (κ2) is 12.8. The lowest BCUT2D eigenvalue weighted by Crippen LogP contribution is -2.23. The van der Waals surface area contributed by atoms with Gasteiger partial charge in [0.25, 0.3) is 17.5 Å². The van der Waals surface area contributed by atoms with E-state index in [0.717, 1.165) is 24.3 Å². The zero-order chi connectivity index (χ0) is 26.8. The first-order valence-corrected chi connectivity index (χ1v) is 11.8. The summed E-state index contributed by atoms with van der Waals surface area (Å²) in [5, 5.41) is 17.6. The number of hydrogen-bond acceptors (Lipinski definition) is 7. The Morgan fingerprint density at radius 1 is 1.05 bits per heavy atom. The van der Waals surface area contributed by atoms with Crippen LogP contribution in [-0.4, -0.2) is 42.6 Å². The average Bonchev–Trinajstić information content (AvgIpc) is 2.89. The monoisotopic (exact) mass is 503 g/mol. The Bertz CT molecular complexity index is 1290. The number of nitrogens with one attached hydrogen (secondary N) is 2. The Kier molecular flexibility index (Phi) is 9.31. The summed E-state index contributed by atoms with van der Waals surface area (Å²) in [6.07, 6.45) is 1.45. The predicted molar refractivity (Wildman–Crippen MR) is 143 cm³/mol. The number of anilines is 2. The molecule has 0 heterocycles. The average molecular weight is 504 g/mol. The molecule has 2 N–H and O–H groups in total. The van der Waals surface area contributed by atoms with Crippen LogP contribution in [0.4, 0.5) is 17.1 Å². The Labute approximate surface area is 215 Å². The molecule has 3 aromatic carbocycles. The fraction of sp³-hybridized carbons (Fsp3) is 0.222. The minimum atomic E-state index is -0.534. The zero-order valence-electron chi connectivity index (χ0n) is 20.9. The van der Waals surface area contributed by atoms with Crippen LogP contribution in [-0.2, 0) is 4.79 Å². The van der Waals surface area contributed by atoms with Gasteiger partial charge in [0.05, 0.1) is 11.1 Å². The number of hydrogen-bond donors (Lipinski definition) is 2. The molecular formula is C27H29N5O5. The number of non-ortho nitro benzene ring substituents is 1. The fourth-order valence-corrected chi connectivity index (χ4v) is 3.51. The summed E-state index contributed by atoms with van der Waals surface area (Å²) in [5.41, 5.74) is 5.65. The van der Waals surface area contributed by atoms with Gasteiger partial charge in [-0.15, -0.1) is 0 Å². The molecule has 192 valence electrons. The molecule has 0 fully saturated rings. The van der Waals surface area contributed by atoms with Gasteiger partial charge in [-0.05, 0) is 51.1 Å². The minimum Gasteiger partial charge on any atom is -0.483 e. The molecular weight excluding hydrogens is 474 g/mol. The molecule has 0 atom stereocenters. The highest BCUT2D eigenvalue weighted by molar-refractivity contribution is 5.95. The van der Waals surface area contributed by atoms with E-state index in [1.165, 1.54) is 24.4 Å². The van der Waals surface area contributed by atoms with Crippen LogP contribution in [0.5, 0.6) is 5.75 Å². The number of aryl methyl sites for hydroxylation is 1. The van der Waals surface area contributed by atoms with Crippen LogP contribution in [0, 0.1) is 17.0 Å². The summed E-state index contributed by atoms with van der Waals surface area (Å²) < 4.78 is 5.81. The van der Waals surface area contributed by atoms with Crippen LogP contribution in [0.3, 0.4) is 0 Å². The second-order valence-corrected chi connectivity index (χ2v) is 8.10. The molecule has 0 aliphatic rings. The highest BCUT2D eigenvalue weighted by atomic mass is 16.6. The van der Waals surface area contributed by atoms with Crippen LogP contribution >= 0.6 is 0 Å². The molecule has 3 aromatic rings. The number of nitro benzene ring substituents is 1. The Morgan fingerprint density at radius 2 is 1.78 bits per heavy atom. The van der Waals surface area contributed by atoms with E-state index in [1.54, 1.807) is 30.3 Å². The van der Waals surface area contributed by atoms with Crippen molar-refractivity contribution in [2.75, 3.05) is 29.9 Å². The third-order valence-corrected chi connectivity index (χ3v) is 5.51. The number of carbonyl (C=O) groups is 2. The number of nitro groups is 1. The molecule has 0 aliphatic carbocycles. The number of benzene rings is 3. The van der Waals surface area contributed by atoms with E-state index in [1.807, 2.05) is 39.0 Å². The lowest BCUT2D eigenvalue weighted by Gasteiger charge is -2.22. The van der Waals surface area contributed by atoms with Crippen LogP contribution in [0.15, 0.2) is 71.8 Å². The first-order chi connectivity index (χ1) is 17.8. The van der Waals surface area contributed by atoms with E-state index in [4.69, 9.17) is 4.74 Å². The molecule has 0 bridgehead atoms. The van der Waals surface area contributed by atoms with Crippen molar-refractivity contribution in [1.29, 1.82) is 0 Å². The van der Waals surface area contributed by atoms with Gasteiger partial charge in [-0.2, -0.15) is 5.10 Å². The van der Waals surface area contributed by atoms with E-state index in [-0.39, 0.29) is 18.2 Å². The predicted octanol–water partition coefficient (Wildman–Crippen LogP) is 4.53. The van der Waals surface area contributed by atoms with Gasteiger partial charge in [0.1, 0.15) is 5.75 Å². The van der Waals surface area contributed by atoms with Crippen molar-refractivity contribution < 1.29 is 19.2 Å². The van der Waals surface area contributed by atoms with E-state index < -0.39 is 10.8 Å². The summed E-state index contributed by atoms with van der Waals surface area (Å²) in [6, 6.07) is 18.3. The number of rotatable bonds is 11. The van der Waals surface area contributed by atoms with Crippen LogP contribution in [0.25, 0.3) is 0 Å². The normalized spacial score (nSPS) is 10.7. The third-order valence-electron chi connectivity index (χ3n) is 5.51. The molecule has 37 heavy (non-hydrogen) atoms. The number of carbonyl (C=O) groups excluding carboxylic acids is 2. The van der Waals surface area contributed by atoms with Crippen LogP contribution in [0.2, 0.25) is 0 Å². The third kappa shape index (κ3) is 7.63. The summed E-state index contributed by atoms with van der Waals surface area (Å²) in [6.45, 7) is 7.24. The number of hydrazone groups is 1. The van der Waals surface area contributed by atoms with Gasteiger partial charge in [-0.25, -0.2) is 5.43 Å². The highest BCUT2D eigenvalue weighted by Gasteiger charge is 2.12. The van der Waals surface area contributed by atoms with Gasteiger partial charge in [0.15, 0.2) is 6.61 Å². The Balaban J connectivity index is 1.73. The smallest absolute Gasteiger partial charge is 0.271 e. The molecule has 10 nitrogen and oxygen atoms in total. The molecule has 2 amide bonds.